The highest BCUT2D eigenvalue weighted by atomic mass is 35.5. The first-order chi connectivity index (χ1) is 17.7. The Kier molecular flexibility index (Phi) is 7.39. The van der Waals surface area contributed by atoms with E-state index < -0.39 is 40.7 Å². The lowest BCUT2D eigenvalue weighted by atomic mass is 9.63. The van der Waals surface area contributed by atoms with Gasteiger partial charge >= 0.3 is 12.5 Å². The van der Waals surface area contributed by atoms with Gasteiger partial charge in [-0.05, 0) is 35.4 Å². The van der Waals surface area contributed by atoms with E-state index in [4.69, 9.17) is 11.6 Å². The molecule has 3 N–H and O–H groups in total. The van der Waals surface area contributed by atoms with Crippen molar-refractivity contribution in [2.75, 3.05) is 11.9 Å². The molecule has 202 valence electrons. The zero-order valence-corrected chi connectivity index (χ0v) is 20.6. The summed E-state index contributed by atoms with van der Waals surface area (Å²) in [5, 5.41) is 2.90. The van der Waals surface area contributed by atoms with Crippen molar-refractivity contribution in [3.05, 3.63) is 94.5 Å². The number of halogens is 7. The van der Waals surface area contributed by atoms with E-state index in [0.717, 1.165) is 11.6 Å². The van der Waals surface area contributed by atoms with Gasteiger partial charge in [0.2, 0.25) is 5.91 Å². The molecule has 5 nitrogen and oxygen atoms in total. The van der Waals surface area contributed by atoms with E-state index in [-0.39, 0.29) is 12.1 Å². The van der Waals surface area contributed by atoms with Crippen LogP contribution in [-0.2, 0) is 21.9 Å². The molecule has 1 heterocycles. The molecular formula is C26H22ClF6N3O2. The van der Waals surface area contributed by atoms with Gasteiger partial charge in [-0.3, -0.25) is 10.2 Å². The monoisotopic (exact) mass is 557 g/mol. The summed E-state index contributed by atoms with van der Waals surface area (Å²) in [6.07, 6.45) is -10.7. The highest BCUT2D eigenvalue weighted by Gasteiger charge is 2.55. The van der Waals surface area contributed by atoms with Crippen LogP contribution in [0.25, 0.3) is 0 Å². The first-order valence-electron chi connectivity index (χ1n) is 11.3. The van der Waals surface area contributed by atoms with E-state index >= 15 is 0 Å². The molecule has 2 atom stereocenters. The van der Waals surface area contributed by atoms with Gasteiger partial charge in [0.25, 0.3) is 0 Å². The van der Waals surface area contributed by atoms with Crippen LogP contribution in [0.5, 0.6) is 5.75 Å². The molecule has 1 saturated heterocycles. The fourth-order valence-electron chi connectivity index (χ4n) is 4.77. The van der Waals surface area contributed by atoms with E-state index in [1.807, 2.05) is 37.3 Å². The lowest BCUT2D eigenvalue weighted by Gasteiger charge is -2.43. The third-order valence-electron chi connectivity index (χ3n) is 6.66. The van der Waals surface area contributed by atoms with E-state index in [2.05, 4.69) is 20.9 Å². The lowest BCUT2D eigenvalue weighted by Crippen LogP contribution is -2.53. The fraction of sp³-hybridized carbons (Fsp3) is 0.269. The number of hydrogen-bond donors (Lipinski definition) is 3. The molecule has 0 spiro atoms. The van der Waals surface area contributed by atoms with Crippen LogP contribution in [-0.4, -0.2) is 18.8 Å². The zero-order valence-electron chi connectivity index (χ0n) is 19.8. The summed E-state index contributed by atoms with van der Waals surface area (Å²) in [4.78, 5) is 13.3. The quantitative estimate of drug-likeness (QED) is 0.301. The highest BCUT2D eigenvalue weighted by Crippen LogP contribution is 2.47. The van der Waals surface area contributed by atoms with Crippen molar-refractivity contribution in [2.24, 2.45) is 0 Å². The van der Waals surface area contributed by atoms with Gasteiger partial charge in [-0.2, -0.15) is 13.2 Å². The molecule has 2 unspecified atom stereocenters. The van der Waals surface area contributed by atoms with Crippen LogP contribution >= 0.6 is 11.6 Å². The molecule has 0 saturated carbocycles. The molecule has 0 radical (unpaired) electrons. The summed E-state index contributed by atoms with van der Waals surface area (Å²) >= 11 is 6.08. The van der Waals surface area contributed by atoms with Crippen molar-refractivity contribution in [3.8, 4) is 5.75 Å². The van der Waals surface area contributed by atoms with Gasteiger partial charge in [0.1, 0.15) is 5.75 Å². The van der Waals surface area contributed by atoms with Crippen LogP contribution in [0.4, 0.5) is 32.0 Å². The fourth-order valence-corrected chi connectivity index (χ4v) is 4.90. The molecule has 1 aliphatic rings. The maximum atomic E-state index is 13.3. The lowest BCUT2D eigenvalue weighted by molar-refractivity contribution is -0.276. The molecule has 1 aliphatic heterocycles. The number of benzene rings is 3. The summed E-state index contributed by atoms with van der Waals surface area (Å²) in [7, 11) is 0. The summed E-state index contributed by atoms with van der Waals surface area (Å²) in [6, 6.07) is 18.0. The van der Waals surface area contributed by atoms with E-state index in [1.165, 1.54) is 0 Å². The van der Waals surface area contributed by atoms with Gasteiger partial charge in [0, 0.05) is 28.7 Å². The molecule has 0 aliphatic carbocycles. The second kappa shape index (κ2) is 10.1. The first-order valence-corrected chi connectivity index (χ1v) is 11.7. The molecule has 1 amide bonds. The van der Waals surface area contributed by atoms with Crippen molar-refractivity contribution >= 4 is 23.2 Å². The van der Waals surface area contributed by atoms with Gasteiger partial charge in [0.05, 0.1) is 17.5 Å². The average Bonchev–Trinajstić information content (AvgIpc) is 3.16. The Balaban J connectivity index is 1.70. The third kappa shape index (κ3) is 5.59. The molecule has 0 aromatic heterocycles. The minimum absolute atomic E-state index is 0.233. The van der Waals surface area contributed by atoms with Gasteiger partial charge in [-0.1, -0.05) is 61.0 Å². The standard InChI is InChI=1S/C26H22ClF6N3O2/c1-23(16-5-3-2-4-6-16)15-34-36-24(23,17-7-9-18(27)10-8-17)14-22(37)35-19-11-12-20(25(28,29)30)21(13-19)38-26(31,32)33/h2-13,34,36H,14-15H2,1H3,(H,35,37). The van der Waals surface area contributed by atoms with Gasteiger partial charge in [-0.15, -0.1) is 13.2 Å². The number of hydrogen-bond acceptors (Lipinski definition) is 4. The normalized spacial score (nSPS) is 21.8. The predicted molar refractivity (Wildman–Crippen MR) is 129 cm³/mol. The van der Waals surface area contributed by atoms with Crippen molar-refractivity contribution < 1.29 is 35.9 Å². The highest BCUT2D eigenvalue weighted by molar-refractivity contribution is 6.30. The Labute approximate surface area is 219 Å². The number of ether oxygens (including phenoxy) is 1. The molecule has 1 fully saturated rings. The molecule has 12 heteroatoms. The van der Waals surface area contributed by atoms with Crippen LogP contribution in [0.15, 0.2) is 72.8 Å². The Morgan fingerprint density at radius 1 is 0.974 bits per heavy atom. The van der Waals surface area contributed by atoms with Gasteiger partial charge in [-0.25, -0.2) is 5.43 Å². The van der Waals surface area contributed by atoms with Gasteiger partial charge < -0.3 is 10.1 Å². The molecule has 3 aromatic rings. The molecule has 3 aromatic carbocycles. The minimum atomic E-state index is -5.36. The minimum Gasteiger partial charge on any atom is -0.405 e. The third-order valence-corrected chi connectivity index (χ3v) is 6.91. The maximum Gasteiger partial charge on any atom is 0.573 e. The average molecular weight is 558 g/mol. The summed E-state index contributed by atoms with van der Waals surface area (Å²) < 4.78 is 81.7. The number of carbonyl (C=O) groups excluding carboxylic acids is 1. The van der Waals surface area contributed by atoms with Crippen LogP contribution in [0.1, 0.15) is 30.0 Å². The zero-order chi connectivity index (χ0) is 27.8. The summed E-state index contributed by atoms with van der Waals surface area (Å²) in [5.74, 6) is -2.12. The van der Waals surface area contributed by atoms with Crippen molar-refractivity contribution in [3.63, 3.8) is 0 Å². The topological polar surface area (TPSA) is 62.4 Å². The van der Waals surface area contributed by atoms with E-state index in [9.17, 15) is 31.1 Å². The second-order valence-corrected chi connectivity index (χ2v) is 9.51. The van der Waals surface area contributed by atoms with Crippen molar-refractivity contribution in [1.29, 1.82) is 0 Å². The molecule has 4 rings (SSSR count). The van der Waals surface area contributed by atoms with E-state index in [1.54, 1.807) is 24.3 Å². The Morgan fingerprint density at radius 2 is 1.63 bits per heavy atom. The Morgan fingerprint density at radius 3 is 2.24 bits per heavy atom. The van der Waals surface area contributed by atoms with E-state index in [0.29, 0.717) is 29.3 Å². The van der Waals surface area contributed by atoms with Crippen LogP contribution in [0, 0.1) is 0 Å². The second-order valence-electron chi connectivity index (χ2n) is 9.07. The summed E-state index contributed by atoms with van der Waals surface area (Å²) in [6.45, 7) is 2.36. The number of rotatable bonds is 6. The maximum absolute atomic E-state index is 13.3. The van der Waals surface area contributed by atoms with Crippen LogP contribution in [0.2, 0.25) is 5.02 Å². The van der Waals surface area contributed by atoms with Crippen LogP contribution < -0.4 is 20.9 Å². The van der Waals surface area contributed by atoms with Gasteiger partial charge in [0.15, 0.2) is 0 Å². The largest absolute Gasteiger partial charge is 0.573 e. The number of anilines is 1. The molecular weight excluding hydrogens is 536 g/mol. The first kappa shape index (κ1) is 27.7. The van der Waals surface area contributed by atoms with Crippen molar-refractivity contribution in [1.82, 2.24) is 10.9 Å². The SMILES string of the molecule is CC1(c2ccccc2)CNNC1(CC(=O)Nc1ccc(C(F)(F)F)c(OC(F)(F)F)c1)c1ccc(Cl)cc1. The Hall–Kier alpha value is -3.28. The van der Waals surface area contributed by atoms with Crippen LogP contribution in [0.3, 0.4) is 0 Å². The number of amides is 1. The number of carbonyl (C=O) groups is 1. The summed E-state index contributed by atoms with van der Waals surface area (Å²) in [5.41, 5.74) is 4.23. The predicted octanol–water partition coefficient (Wildman–Crippen LogP) is 6.55. The van der Waals surface area contributed by atoms with Crippen molar-refractivity contribution in [2.45, 2.75) is 36.8 Å². The number of nitrogens with one attached hydrogen (secondary N) is 3. The number of hydrazine groups is 1. The molecule has 0 bridgehead atoms. The Bertz CT molecular complexity index is 1300. The number of alkyl halides is 6. The molecule has 38 heavy (non-hydrogen) atoms. The smallest absolute Gasteiger partial charge is 0.405 e.